The average molecular weight is 306 g/mol. The zero-order valence-corrected chi connectivity index (χ0v) is 14.2. The Morgan fingerprint density at radius 3 is 2.86 bits per heavy atom. The molecule has 3 rings (SSSR count). The number of carbonyl (C=O) groups is 1. The van der Waals surface area contributed by atoms with Crippen molar-refractivity contribution in [3.8, 4) is 0 Å². The van der Waals surface area contributed by atoms with Crippen molar-refractivity contribution < 1.29 is 14.6 Å². The summed E-state index contributed by atoms with van der Waals surface area (Å²) < 4.78 is 6.03. The molecular weight excluding hydrogens is 276 g/mol. The Kier molecular flexibility index (Phi) is 4.24. The van der Waals surface area contributed by atoms with Gasteiger partial charge in [0.05, 0.1) is 18.3 Å². The minimum Gasteiger partial charge on any atom is -0.386 e. The van der Waals surface area contributed by atoms with Crippen molar-refractivity contribution in [3.63, 3.8) is 0 Å². The monoisotopic (exact) mass is 306 g/mol. The molecule has 0 aromatic heterocycles. The summed E-state index contributed by atoms with van der Waals surface area (Å²) in [5.74, 6) is 1.85. The molecule has 0 aromatic carbocycles. The molecule has 1 unspecified atom stereocenters. The third-order valence-corrected chi connectivity index (χ3v) is 6.48. The van der Waals surface area contributed by atoms with E-state index in [9.17, 15) is 9.90 Å². The van der Waals surface area contributed by atoms with Gasteiger partial charge in [0.25, 0.3) is 0 Å². The highest BCUT2D eigenvalue weighted by molar-refractivity contribution is 5.83. The Labute approximate surface area is 134 Å². The van der Waals surface area contributed by atoms with E-state index in [0.29, 0.717) is 30.0 Å². The summed E-state index contributed by atoms with van der Waals surface area (Å²) in [5.41, 5.74) is -0.525. The first-order chi connectivity index (χ1) is 10.3. The molecule has 2 saturated carbocycles. The number of ether oxygens (including phenoxy) is 1. The Balaban J connectivity index is 1.58. The number of Topliss-reactive ketones (excluding diaryl/α,β-unsaturated/α-hetero) is 1. The number of carbonyl (C=O) groups excluding carboxylic acids is 1. The molecular formula is C19H30O3. The van der Waals surface area contributed by atoms with Crippen molar-refractivity contribution >= 4 is 5.78 Å². The summed E-state index contributed by atoms with van der Waals surface area (Å²) in [6.45, 7) is 7.16. The molecule has 0 radical (unpaired) electrons. The first kappa shape index (κ1) is 16.2. The number of ketones is 1. The molecule has 0 saturated heterocycles. The van der Waals surface area contributed by atoms with Gasteiger partial charge in [0.15, 0.2) is 0 Å². The van der Waals surface area contributed by atoms with Crippen molar-refractivity contribution in [3.05, 3.63) is 12.2 Å². The van der Waals surface area contributed by atoms with Gasteiger partial charge in [0.1, 0.15) is 5.78 Å². The van der Waals surface area contributed by atoms with Gasteiger partial charge in [-0.15, -0.1) is 0 Å². The standard InChI is InChI=1S/C19H30O3/c1-13(12-22-14-8-10-18(2,21)11-14)15-6-7-16-17(20)5-4-9-19(15,16)3/h8,10,13-16,21H,4-7,9,11-12H2,1-3H3/t13-,14-,15+,16?,18-,19+/m0/s1. The molecule has 0 bridgehead atoms. The Bertz CT molecular complexity index is 467. The van der Waals surface area contributed by atoms with E-state index in [-0.39, 0.29) is 11.5 Å². The molecule has 3 aliphatic carbocycles. The van der Waals surface area contributed by atoms with Gasteiger partial charge in [-0.3, -0.25) is 4.79 Å². The number of fused-ring (bicyclic) bond motifs is 1. The highest BCUT2D eigenvalue weighted by Crippen LogP contribution is 2.56. The van der Waals surface area contributed by atoms with Gasteiger partial charge in [-0.1, -0.05) is 26.0 Å². The predicted octanol–water partition coefficient (Wildman–Crippen LogP) is 3.50. The first-order valence-electron chi connectivity index (χ1n) is 8.88. The highest BCUT2D eigenvalue weighted by Gasteiger charge is 2.52. The van der Waals surface area contributed by atoms with Gasteiger partial charge >= 0.3 is 0 Å². The maximum absolute atomic E-state index is 12.2. The molecule has 6 atom stereocenters. The van der Waals surface area contributed by atoms with Gasteiger partial charge in [-0.2, -0.15) is 0 Å². The molecule has 0 aliphatic heterocycles. The number of hydrogen-bond acceptors (Lipinski definition) is 3. The topological polar surface area (TPSA) is 46.5 Å². The molecule has 124 valence electrons. The molecule has 3 aliphatic rings. The van der Waals surface area contributed by atoms with Gasteiger partial charge < -0.3 is 9.84 Å². The third-order valence-electron chi connectivity index (χ3n) is 6.48. The fraction of sp³-hybridized carbons (Fsp3) is 0.842. The van der Waals surface area contributed by atoms with E-state index < -0.39 is 5.60 Å². The second kappa shape index (κ2) is 5.76. The van der Waals surface area contributed by atoms with Crippen LogP contribution in [0.25, 0.3) is 0 Å². The lowest BCUT2D eigenvalue weighted by molar-refractivity contribution is -0.130. The van der Waals surface area contributed by atoms with Crippen LogP contribution in [-0.2, 0) is 9.53 Å². The van der Waals surface area contributed by atoms with Crippen molar-refractivity contribution in [1.29, 1.82) is 0 Å². The molecule has 0 amide bonds. The van der Waals surface area contributed by atoms with E-state index in [0.717, 1.165) is 32.3 Å². The molecule has 0 heterocycles. The first-order valence-corrected chi connectivity index (χ1v) is 8.88. The summed E-state index contributed by atoms with van der Waals surface area (Å²) in [6.07, 6.45) is 9.79. The average Bonchev–Trinajstić information content (AvgIpc) is 2.96. The second-order valence-electron chi connectivity index (χ2n) is 8.33. The zero-order valence-electron chi connectivity index (χ0n) is 14.2. The zero-order chi connectivity index (χ0) is 16.0. The number of rotatable bonds is 4. The van der Waals surface area contributed by atoms with Gasteiger partial charge in [-0.05, 0) is 49.9 Å². The maximum atomic E-state index is 12.2. The second-order valence-corrected chi connectivity index (χ2v) is 8.33. The fourth-order valence-electron chi connectivity index (χ4n) is 5.27. The number of aliphatic hydroxyl groups is 1. The van der Waals surface area contributed by atoms with E-state index in [1.807, 2.05) is 19.1 Å². The van der Waals surface area contributed by atoms with Crippen LogP contribution in [0.2, 0.25) is 0 Å². The molecule has 3 heteroatoms. The van der Waals surface area contributed by atoms with E-state index in [1.54, 1.807) is 0 Å². The summed E-state index contributed by atoms with van der Waals surface area (Å²) in [7, 11) is 0. The SMILES string of the molecule is C[C@@H](CO[C@H]1C=C[C@](C)(O)C1)[C@H]1CCC2C(=O)CCC[C@@]21C. The van der Waals surface area contributed by atoms with Gasteiger partial charge in [0, 0.05) is 18.8 Å². The van der Waals surface area contributed by atoms with Crippen LogP contribution in [0.5, 0.6) is 0 Å². The van der Waals surface area contributed by atoms with Crippen LogP contribution in [0.1, 0.15) is 59.3 Å². The van der Waals surface area contributed by atoms with Crippen LogP contribution in [0.4, 0.5) is 0 Å². The third kappa shape index (κ3) is 2.90. The van der Waals surface area contributed by atoms with Crippen LogP contribution < -0.4 is 0 Å². The molecule has 3 nitrogen and oxygen atoms in total. The molecule has 1 N–H and O–H groups in total. The quantitative estimate of drug-likeness (QED) is 0.809. The largest absolute Gasteiger partial charge is 0.386 e. The molecule has 0 aromatic rings. The fourth-order valence-corrected chi connectivity index (χ4v) is 5.27. The Morgan fingerprint density at radius 2 is 2.18 bits per heavy atom. The van der Waals surface area contributed by atoms with Crippen LogP contribution >= 0.6 is 0 Å². The summed E-state index contributed by atoms with van der Waals surface area (Å²) in [6, 6.07) is 0. The predicted molar refractivity (Wildman–Crippen MR) is 86.5 cm³/mol. The smallest absolute Gasteiger partial charge is 0.136 e. The van der Waals surface area contributed by atoms with Crippen molar-refractivity contribution in [2.45, 2.75) is 71.0 Å². The van der Waals surface area contributed by atoms with Crippen molar-refractivity contribution in [2.24, 2.45) is 23.2 Å². The van der Waals surface area contributed by atoms with Crippen LogP contribution in [0.3, 0.4) is 0 Å². The van der Waals surface area contributed by atoms with E-state index in [4.69, 9.17) is 4.74 Å². The van der Waals surface area contributed by atoms with Crippen molar-refractivity contribution in [2.75, 3.05) is 6.61 Å². The summed E-state index contributed by atoms with van der Waals surface area (Å²) >= 11 is 0. The van der Waals surface area contributed by atoms with Gasteiger partial charge in [0.2, 0.25) is 0 Å². The normalized spacial score (nSPS) is 46.0. The summed E-state index contributed by atoms with van der Waals surface area (Å²) in [5, 5.41) is 9.96. The Hall–Kier alpha value is -0.670. The van der Waals surface area contributed by atoms with Crippen LogP contribution in [0, 0.1) is 23.2 Å². The van der Waals surface area contributed by atoms with E-state index >= 15 is 0 Å². The molecule has 0 spiro atoms. The van der Waals surface area contributed by atoms with Crippen LogP contribution in [0.15, 0.2) is 12.2 Å². The van der Waals surface area contributed by atoms with E-state index in [2.05, 4.69) is 13.8 Å². The van der Waals surface area contributed by atoms with Crippen molar-refractivity contribution in [1.82, 2.24) is 0 Å². The lowest BCUT2D eigenvalue weighted by Crippen LogP contribution is -2.40. The van der Waals surface area contributed by atoms with E-state index in [1.165, 1.54) is 6.42 Å². The molecule has 22 heavy (non-hydrogen) atoms. The number of hydrogen-bond donors (Lipinski definition) is 1. The highest BCUT2D eigenvalue weighted by atomic mass is 16.5. The van der Waals surface area contributed by atoms with Crippen LogP contribution in [-0.4, -0.2) is 29.2 Å². The maximum Gasteiger partial charge on any atom is 0.136 e. The summed E-state index contributed by atoms with van der Waals surface area (Å²) in [4.78, 5) is 12.2. The Morgan fingerprint density at radius 1 is 1.41 bits per heavy atom. The molecule has 2 fully saturated rings. The lowest BCUT2D eigenvalue weighted by Gasteiger charge is -2.42. The minimum absolute atomic E-state index is 0.0374. The lowest BCUT2D eigenvalue weighted by atomic mass is 9.62. The van der Waals surface area contributed by atoms with Gasteiger partial charge in [-0.25, -0.2) is 0 Å². The minimum atomic E-state index is -0.714.